The van der Waals surface area contributed by atoms with E-state index in [2.05, 4.69) is 6.92 Å². The molecule has 4 heteroatoms. The van der Waals surface area contributed by atoms with Gasteiger partial charge < -0.3 is 9.47 Å². The molecule has 3 nitrogen and oxygen atoms in total. The van der Waals surface area contributed by atoms with Crippen LogP contribution in [-0.4, -0.2) is 32.7 Å². The predicted octanol–water partition coefficient (Wildman–Crippen LogP) is 2.16. The Morgan fingerprint density at radius 2 is 2.20 bits per heavy atom. The topological polar surface area (TPSA) is 35.5 Å². The number of thiophene rings is 1. The summed E-state index contributed by atoms with van der Waals surface area (Å²) < 4.78 is 9.98. The third kappa shape index (κ3) is 4.11. The Bertz CT molecular complexity index is 307. The van der Waals surface area contributed by atoms with Crippen molar-refractivity contribution in [3.05, 3.63) is 21.9 Å². The van der Waals surface area contributed by atoms with Gasteiger partial charge in [-0.15, -0.1) is 11.3 Å². The van der Waals surface area contributed by atoms with Crippen molar-refractivity contribution in [3.8, 4) is 0 Å². The molecule has 0 atom stereocenters. The number of aryl methyl sites for hydroxylation is 1. The summed E-state index contributed by atoms with van der Waals surface area (Å²) >= 11 is 1.54. The Kier molecular flexibility index (Phi) is 5.53. The van der Waals surface area contributed by atoms with Crippen LogP contribution in [0.5, 0.6) is 0 Å². The van der Waals surface area contributed by atoms with E-state index in [0.29, 0.717) is 13.2 Å². The third-order valence-electron chi connectivity index (χ3n) is 1.95. The highest BCUT2D eigenvalue weighted by Crippen LogP contribution is 2.17. The summed E-state index contributed by atoms with van der Waals surface area (Å²) in [5, 5.41) is 0. The van der Waals surface area contributed by atoms with Gasteiger partial charge in [0.15, 0.2) is 5.78 Å². The summed E-state index contributed by atoms with van der Waals surface area (Å²) in [5.41, 5.74) is 0. The van der Waals surface area contributed by atoms with E-state index in [-0.39, 0.29) is 12.4 Å². The molecule has 0 aliphatic carbocycles. The lowest BCUT2D eigenvalue weighted by atomic mass is 10.3. The summed E-state index contributed by atoms with van der Waals surface area (Å²) in [6, 6.07) is 3.86. The minimum atomic E-state index is 0.0517. The lowest BCUT2D eigenvalue weighted by molar-refractivity contribution is 0.0579. The number of carbonyl (C=O) groups is 1. The molecule has 1 rings (SSSR count). The van der Waals surface area contributed by atoms with Crippen LogP contribution in [0.15, 0.2) is 12.1 Å². The van der Waals surface area contributed by atoms with Gasteiger partial charge in [0.1, 0.15) is 6.61 Å². The number of hydrogen-bond acceptors (Lipinski definition) is 4. The van der Waals surface area contributed by atoms with E-state index in [0.717, 1.165) is 11.3 Å². The van der Waals surface area contributed by atoms with Crippen LogP contribution in [0.2, 0.25) is 0 Å². The fourth-order valence-electron chi connectivity index (χ4n) is 1.10. The van der Waals surface area contributed by atoms with Gasteiger partial charge in [0, 0.05) is 12.0 Å². The van der Waals surface area contributed by atoms with Crippen molar-refractivity contribution < 1.29 is 14.3 Å². The predicted molar refractivity (Wildman–Crippen MR) is 60.7 cm³/mol. The number of hydrogen-bond donors (Lipinski definition) is 0. The first-order valence-electron chi connectivity index (χ1n) is 4.96. The molecule has 0 radical (unpaired) electrons. The van der Waals surface area contributed by atoms with Gasteiger partial charge in [0.05, 0.1) is 18.1 Å². The molecule has 0 saturated heterocycles. The molecule has 0 aliphatic heterocycles. The van der Waals surface area contributed by atoms with E-state index in [4.69, 9.17) is 9.47 Å². The molecule has 15 heavy (non-hydrogen) atoms. The monoisotopic (exact) mass is 228 g/mol. The Morgan fingerprint density at radius 3 is 2.80 bits per heavy atom. The Balaban J connectivity index is 2.33. The molecule has 0 aromatic carbocycles. The molecule has 84 valence electrons. The fraction of sp³-hybridized carbons (Fsp3) is 0.545. The number of Topliss-reactive ketones (excluding diaryl/α,β-unsaturated/α-hetero) is 1. The van der Waals surface area contributed by atoms with Gasteiger partial charge in [0.25, 0.3) is 0 Å². The van der Waals surface area contributed by atoms with Gasteiger partial charge in [0.2, 0.25) is 0 Å². The lowest BCUT2D eigenvalue weighted by Crippen LogP contribution is -2.10. The Labute approximate surface area is 94.0 Å². The van der Waals surface area contributed by atoms with E-state index >= 15 is 0 Å². The van der Waals surface area contributed by atoms with E-state index < -0.39 is 0 Å². The van der Waals surface area contributed by atoms with Crippen LogP contribution in [0, 0.1) is 0 Å². The molecule has 0 N–H and O–H groups in total. The number of methoxy groups -OCH3 is 1. The van der Waals surface area contributed by atoms with Gasteiger partial charge in [-0.2, -0.15) is 0 Å². The second-order valence-corrected chi connectivity index (χ2v) is 4.26. The highest BCUT2D eigenvalue weighted by atomic mass is 32.1. The molecule has 1 aromatic heterocycles. The average molecular weight is 228 g/mol. The summed E-state index contributed by atoms with van der Waals surface area (Å²) in [6.07, 6.45) is 0.975. The first-order chi connectivity index (χ1) is 7.27. The van der Waals surface area contributed by atoms with Crippen molar-refractivity contribution in [3.63, 3.8) is 0 Å². The summed E-state index contributed by atoms with van der Waals surface area (Å²) in [7, 11) is 1.61. The highest BCUT2D eigenvalue weighted by Gasteiger charge is 2.08. The second kappa shape index (κ2) is 6.71. The molecule has 0 aliphatic rings. The molecule has 0 spiro atoms. The Morgan fingerprint density at radius 1 is 1.40 bits per heavy atom. The van der Waals surface area contributed by atoms with Crippen molar-refractivity contribution in [1.29, 1.82) is 0 Å². The molecule has 0 amide bonds. The largest absolute Gasteiger partial charge is 0.382 e. The van der Waals surface area contributed by atoms with Gasteiger partial charge in [-0.3, -0.25) is 4.79 Å². The average Bonchev–Trinajstić information content (AvgIpc) is 2.72. The second-order valence-electron chi connectivity index (χ2n) is 3.09. The summed E-state index contributed by atoms with van der Waals surface area (Å²) in [5.74, 6) is 0.0517. The van der Waals surface area contributed by atoms with E-state index in [1.54, 1.807) is 18.4 Å². The van der Waals surface area contributed by atoms with Crippen LogP contribution < -0.4 is 0 Å². The van der Waals surface area contributed by atoms with Gasteiger partial charge >= 0.3 is 0 Å². The van der Waals surface area contributed by atoms with Crippen LogP contribution in [0.3, 0.4) is 0 Å². The number of ether oxygens (including phenoxy) is 2. The zero-order valence-electron chi connectivity index (χ0n) is 9.12. The van der Waals surface area contributed by atoms with E-state index in [1.165, 1.54) is 4.88 Å². The molecular weight excluding hydrogens is 212 g/mol. The highest BCUT2D eigenvalue weighted by molar-refractivity contribution is 7.14. The zero-order chi connectivity index (χ0) is 11.1. The van der Waals surface area contributed by atoms with Crippen LogP contribution in [0.4, 0.5) is 0 Å². The molecule has 0 saturated carbocycles. The first-order valence-corrected chi connectivity index (χ1v) is 5.78. The standard InChI is InChI=1S/C11H16O3S/c1-3-9-4-5-11(15-9)10(12)8-14-7-6-13-2/h4-5H,3,6-8H2,1-2H3. The fourth-order valence-corrected chi connectivity index (χ4v) is 1.97. The molecule has 0 bridgehead atoms. The van der Waals surface area contributed by atoms with Crippen LogP contribution in [0.1, 0.15) is 21.5 Å². The molecule has 0 fully saturated rings. The van der Waals surface area contributed by atoms with Crippen molar-refractivity contribution in [2.24, 2.45) is 0 Å². The number of carbonyl (C=O) groups excluding carboxylic acids is 1. The minimum Gasteiger partial charge on any atom is -0.382 e. The zero-order valence-corrected chi connectivity index (χ0v) is 9.93. The van der Waals surface area contributed by atoms with Crippen LogP contribution in [-0.2, 0) is 15.9 Å². The summed E-state index contributed by atoms with van der Waals surface area (Å²) in [4.78, 5) is 13.6. The quantitative estimate of drug-likeness (QED) is 0.530. The van der Waals surface area contributed by atoms with Gasteiger partial charge in [-0.05, 0) is 18.6 Å². The Hall–Kier alpha value is -0.710. The maximum atomic E-state index is 11.6. The van der Waals surface area contributed by atoms with Crippen molar-refractivity contribution in [2.75, 3.05) is 26.9 Å². The van der Waals surface area contributed by atoms with Gasteiger partial charge in [-0.25, -0.2) is 0 Å². The maximum absolute atomic E-state index is 11.6. The molecule has 0 unspecified atom stereocenters. The third-order valence-corrected chi connectivity index (χ3v) is 3.22. The summed E-state index contributed by atoms with van der Waals surface area (Å²) in [6.45, 7) is 3.22. The van der Waals surface area contributed by atoms with Crippen LogP contribution >= 0.6 is 11.3 Å². The van der Waals surface area contributed by atoms with Crippen LogP contribution in [0.25, 0.3) is 0 Å². The molecule has 1 aromatic rings. The number of rotatable bonds is 7. The number of ketones is 1. The maximum Gasteiger partial charge on any atom is 0.198 e. The minimum absolute atomic E-state index is 0.0517. The van der Waals surface area contributed by atoms with Crippen molar-refractivity contribution in [2.45, 2.75) is 13.3 Å². The van der Waals surface area contributed by atoms with Gasteiger partial charge in [-0.1, -0.05) is 6.92 Å². The SMILES string of the molecule is CCc1ccc(C(=O)COCCOC)s1. The normalized spacial score (nSPS) is 10.5. The molecule has 1 heterocycles. The van der Waals surface area contributed by atoms with E-state index in [9.17, 15) is 4.79 Å². The smallest absolute Gasteiger partial charge is 0.198 e. The van der Waals surface area contributed by atoms with Crippen molar-refractivity contribution >= 4 is 17.1 Å². The van der Waals surface area contributed by atoms with E-state index in [1.807, 2.05) is 12.1 Å². The molecular formula is C11H16O3S. The first kappa shape index (κ1) is 12.4. The lowest BCUT2D eigenvalue weighted by Gasteiger charge is -2.00. The van der Waals surface area contributed by atoms with Crippen molar-refractivity contribution in [1.82, 2.24) is 0 Å².